The Morgan fingerprint density at radius 2 is 1.00 bits per heavy atom. The minimum atomic E-state index is 0.604. The molecule has 208 valence electrons. The van der Waals surface area contributed by atoms with E-state index in [9.17, 15) is 0 Å². The zero-order valence-corrected chi connectivity index (χ0v) is 24.1. The topological polar surface area (TPSA) is 43.6 Å². The molecule has 0 N–H and O–H groups in total. The summed E-state index contributed by atoms with van der Waals surface area (Å²) in [6.45, 7) is 0. The van der Waals surface area contributed by atoms with Crippen LogP contribution < -0.4 is 0 Å². The first kappa shape index (κ1) is 24.3. The maximum Gasteiger partial charge on any atom is 0.238 e. The fourth-order valence-corrected chi connectivity index (χ4v) is 7.18. The molecular formula is C41H24N4. The van der Waals surface area contributed by atoms with Crippen molar-refractivity contribution in [3.8, 4) is 51.0 Å². The molecule has 1 aliphatic carbocycles. The Morgan fingerprint density at radius 3 is 1.84 bits per heavy atom. The van der Waals surface area contributed by atoms with Crippen LogP contribution in [0, 0.1) is 0 Å². The second-order valence-corrected chi connectivity index (χ2v) is 11.7. The standard InChI is InChI=1S/C41H24N4/c1-2-11-25(12-3-1)39-42-40(34-22-21-33-29-16-7-6-15-28(29)31-18-10-19-32(34)38(31)33)44-41(43-39)45-36-20-9-8-17-30(36)35-23-26-13-4-5-14-27(26)24-37(35)45/h1-24H. The summed E-state index contributed by atoms with van der Waals surface area (Å²) in [6, 6.07) is 51.4. The Kier molecular flexibility index (Phi) is 4.96. The van der Waals surface area contributed by atoms with Gasteiger partial charge in [-0.05, 0) is 68.1 Å². The van der Waals surface area contributed by atoms with Gasteiger partial charge in [0.2, 0.25) is 5.95 Å². The van der Waals surface area contributed by atoms with Gasteiger partial charge in [-0.2, -0.15) is 9.97 Å². The predicted molar refractivity (Wildman–Crippen MR) is 184 cm³/mol. The number of rotatable bonds is 3. The van der Waals surface area contributed by atoms with Crippen LogP contribution in [0.5, 0.6) is 0 Å². The van der Waals surface area contributed by atoms with Gasteiger partial charge in [-0.1, -0.05) is 121 Å². The average Bonchev–Trinajstić information content (AvgIpc) is 3.61. The van der Waals surface area contributed by atoms with E-state index in [0.29, 0.717) is 17.6 Å². The Labute approximate surface area is 258 Å². The molecule has 4 nitrogen and oxygen atoms in total. The summed E-state index contributed by atoms with van der Waals surface area (Å²) in [7, 11) is 0. The monoisotopic (exact) mass is 572 g/mol. The van der Waals surface area contributed by atoms with E-state index in [1.807, 2.05) is 18.2 Å². The molecule has 0 bridgehead atoms. The van der Waals surface area contributed by atoms with E-state index >= 15 is 0 Å². The lowest BCUT2D eigenvalue weighted by Crippen LogP contribution is -2.06. The molecule has 4 heteroatoms. The Morgan fingerprint density at radius 1 is 0.378 bits per heavy atom. The fraction of sp³-hybridized carbons (Fsp3) is 0. The van der Waals surface area contributed by atoms with E-state index in [1.165, 1.54) is 49.2 Å². The van der Waals surface area contributed by atoms with Gasteiger partial charge in [0.15, 0.2) is 11.6 Å². The Balaban J connectivity index is 1.29. The number of hydrogen-bond acceptors (Lipinski definition) is 3. The van der Waals surface area contributed by atoms with Gasteiger partial charge in [0.05, 0.1) is 11.0 Å². The summed E-state index contributed by atoms with van der Waals surface area (Å²) in [4.78, 5) is 15.6. The summed E-state index contributed by atoms with van der Waals surface area (Å²) in [5, 5.41) is 7.13. The highest BCUT2D eigenvalue weighted by Gasteiger charge is 2.24. The van der Waals surface area contributed by atoms with Gasteiger partial charge in [-0.25, -0.2) is 4.98 Å². The normalized spacial score (nSPS) is 12.0. The molecule has 0 spiro atoms. The molecule has 0 atom stereocenters. The van der Waals surface area contributed by atoms with E-state index in [1.54, 1.807) is 0 Å². The number of benzene rings is 7. The zero-order valence-electron chi connectivity index (χ0n) is 24.1. The molecule has 2 aromatic heterocycles. The third-order valence-corrected chi connectivity index (χ3v) is 9.18. The third kappa shape index (κ3) is 3.51. The molecule has 2 heterocycles. The quantitative estimate of drug-likeness (QED) is 0.212. The van der Waals surface area contributed by atoms with Crippen molar-refractivity contribution >= 4 is 43.4 Å². The van der Waals surface area contributed by atoms with Crippen molar-refractivity contribution in [1.29, 1.82) is 0 Å². The van der Waals surface area contributed by atoms with Gasteiger partial charge >= 0.3 is 0 Å². The van der Waals surface area contributed by atoms with E-state index < -0.39 is 0 Å². The van der Waals surface area contributed by atoms with Gasteiger partial charge in [0.1, 0.15) is 0 Å². The van der Waals surface area contributed by atoms with Gasteiger partial charge in [0.25, 0.3) is 0 Å². The lowest BCUT2D eigenvalue weighted by atomic mass is 9.98. The van der Waals surface area contributed by atoms with E-state index in [2.05, 4.69) is 132 Å². The summed E-state index contributed by atoms with van der Waals surface area (Å²) < 4.78 is 2.20. The predicted octanol–water partition coefficient (Wildman–Crippen LogP) is 10.3. The summed E-state index contributed by atoms with van der Waals surface area (Å²) in [5.74, 6) is 1.91. The lowest BCUT2D eigenvalue weighted by molar-refractivity contribution is 0.954. The van der Waals surface area contributed by atoms with Crippen molar-refractivity contribution in [1.82, 2.24) is 19.5 Å². The van der Waals surface area contributed by atoms with Gasteiger partial charge < -0.3 is 0 Å². The average molecular weight is 573 g/mol. The largest absolute Gasteiger partial charge is 0.278 e. The summed E-state index contributed by atoms with van der Waals surface area (Å²) in [5.41, 5.74) is 9.14. The van der Waals surface area contributed by atoms with Crippen molar-refractivity contribution in [3.63, 3.8) is 0 Å². The molecule has 7 aromatic carbocycles. The van der Waals surface area contributed by atoms with Crippen LogP contribution in [0.1, 0.15) is 0 Å². The number of para-hydroxylation sites is 1. The van der Waals surface area contributed by atoms with Gasteiger partial charge in [-0.3, -0.25) is 4.57 Å². The number of nitrogens with zero attached hydrogens (tertiary/aromatic N) is 4. The second kappa shape index (κ2) is 9.18. The van der Waals surface area contributed by atoms with Crippen molar-refractivity contribution < 1.29 is 0 Å². The maximum atomic E-state index is 5.27. The Hall–Kier alpha value is -6.13. The van der Waals surface area contributed by atoms with Gasteiger partial charge in [0, 0.05) is 21.9 Å². The second-order valence-electron chi connectivity index (χ2n) is 11.7. The minimum absolute atomic E-state index is 0.604. The third-order valence-electron chi connectivity index (χ3n) is 9.18. The van der Waals surface area contributed by atoms with E-state index in [0.717, 1.165) is 27.5 Å². The van der Waals surface area contributed by atoms with Crippen LogP contribution in [0.2, 0.25) is 0 Å². The molecule has 0 amide bonds. The first-order chi connectivity index (χ1) is 22.3. The fourth-order valence-electron chi connectivity index (χ4n) is 7.18. The summed E-state index contributed by atoms with van der Waals surface area (Å²) in [6.07, 6.45) is 0. The number of fused-ring (bicyclic) bond motifs is 7. The summed E-state index contributed by atoms with van der Waals surface area (Å²) >= 11 is 0. The molecule has 0 saturated carbocycles. The van der Waals surface area contributed by atoms with Crippen LogP contribution in [0.15, 0.2) is 146 Å². The van der Waals surface area contributed by atoms with Crippen LogP contribution in [0.25, 0.3) is 94.3 Å². The SMILES string of the molecule is c1ccc(-c2nc(-c3ccc4c5c(cccc35)-c3ccccc3-4)nc(-n3c4ccccc4c4cc5ccccc5cc43)n2)cc1. The smallest absolute Gasteiger partial charge is 0.238 e. The van der Waals surface area contributed by atoms with Crippen molar-refractivity contribution in [2.75, 3.05) is 0 Å². The zero-order chi connectivity index (χ0) is 29.5. The van der Waals surface area contributed by atoms with Crippen molar-refractivity contribution in [3.05, 3.63) is 146 Å². The molecule has 9 aromatic rings. The number of aromatic nitrogens is 4. The molecular weight excluding hydrogens is 548 g/mol. The van der Waals surface area contributed by atoms with E-state index in [-0.39, 0.29) is 0 Å². The Bertz CT molecular complexity index is 2620. The molecule has 0 fully saturated rings. The molecule has 0 unspecified atom stereocenters. The highest BCUT2D eigenvalue weighted by Crippen LogP contribution is 2.49. The molecule has 45 heavy (non-hydrogen) atoms. The highest BCUT2D eigenvalue weighted by molar-refractivity contribution is 6.18. The maximum absolute atomic E-state index is 5.27. The van der Waals surface area contributed by atoms with Crippen LogP contribution in [-0.2, 0) is 0 Å². The van der Waals surface area contributed by atoms with Crippen LogP contribution in [-0.4, -0.2) is 19.5 Å². The van der Waals surface area contributed by atoms with Crippen LogP contribution >= 0.6 is 0 Å². The first-order valence-corrected chi connectivity index (χ1v) is 15.2. The van der Waals surface area contributed by atoms with Gasteiger partial charge in [-0.15, -0.1) is 0 Å². The van der Waals surface area contributed by atoms with Crippen LogP contribution in [0.3, 0.4) is 0 Å². The number of hydrogen-bond donors (Lipinski definition) is 0. The van der Waals surface area contributed by atoms with Crippen LogP contribution in [0.4, 0.5) is 0 Å². The molecule has 0 aliphatic heterocycles. The van der Waals surface area contributed by atoms with E-state index in [4.69, 9.17) is 15.0 Å². The van der Waals surface area contributed by atoms with Crippen molar-refractivity contribution in [2.45, 2.75) is 0 Å². The molecule has 0 saturated heterocycles. The molecule has 0 radical (unpaired) electrons. The minimum Gasteiger partial charge on any atom is -0.278 e. The lowest BCUT2D eigenvalue weighted by Gasteiger charge is -2.13. The van der Waals surface area contributed by atoms with Crippen molar-refractivity contribution in [2.24, 2.45) is 0 Å². The molecule has 10 rings (SSSR count). The molecule has 1 aliphatic rings. The highest BCUT2D eigenvalue weighted by atomic mass is 15.2. The first-order valence-electron chi connectivity index (χ1n) is 15.2.